The third kappa shape index (κ3) is 2.76. The fourth-order valence-corrected chi connectivity index (χ4v) is 2.89. The Hall–Kier alpha value is -2.31. The van der Waals surface area contributed by atoms with Gasteiger partial charge in [0, 0.05) is 6.04 Å². The maximum atomic E-state index is 8.80. The third-order valence-corrected chi connectivity index (χ3v) is 4.05. The molecule has 0 saturated carbocycles. The fourth-order valence-electron chi connectivity index (χ4n) is 2.89. The van der Waals surface area contributed by atoms with Crippen molar-refractivity contribution < 1.29 is 4.74 Å². The Kier molecular flexibility index (Phi) is 3.89. The van der Waals surface area contributed by atoms with Crippen LogP contribution in [0.1, 0.15) is 34.7 Å². The highest BCUT2D eigenvalue weighted by Crippen LogP contribution is 2.36. The molecule has 0 saturated heterocycles. The number of hydrogen-bond acceptors (Lipinski definition) is 3. The monoisotopic (exact) mass is 278 g/mol. The van der Waals surface area contributed by atoms with Crippen molar-refractivity contribution in [1.82, 2.24) is 5.32 Å². The topological polar surface area (TPSA) is 45.0 Å². The van der Waals surface area contributed by atoms with Gasteiger partial charge in [0.15, 0.2) is 0 Å². The van der Waals surface area contributed by atoms with E-state index in [2.05, 4.69) is 23.5 Å². The standard InChI is InChI=1S/C18H18N2O/c1-20-17-10-9-16-15(17)3-2-4-18(16)21-12-14-7-5-13(11-19)6-8-14/h2-8,17,20H,9-10,12H2,1H3. The van der Waals surface area contributed by atoms with Crippen LogP contribution in [0.2, 0.25) is 0 Å². The van der Waals surface area contributed by atoms with Crippen LogP contribution in [-0.2, 0) is 13.0 Å². The van der Waals surface area contributed by atoms with E-state index in [-0.39, 0.29) is 0 Å². The number of rotatable bonds is 4. The zero-order valence-corrected chi connectivity index (χ0v) is 12.1. The summed E-state index contributed by atoms with van der Waals surface area (Å²) >= 11 is 0. The summed E-state index contributed by atoms with van der Waals surface area (Å²) in [5.41, 5.74) is 4.44. The Balaban J connectivity index is 1.74. The molecule has 0 heterocycles. The predicted octanol–water partition coefficient (Wildman–Crippen LogP) is 3.34. The highest BCUT2D eigenvalue weighted by Gasteiger charge is 2.23. The van der Waals surface area contributed by atoms with Gasteiger partial charge in [0.25, 0.3) is 0 Å². The van der Waals surface area contributed by atoms with Gasteiger partial charge in [-0.15, -0.1) is 0 Å². The summed E-state index contributed by atoms with van der Waals surface area (Å²) in [6.07, 6.45) is 2.19. The van der Waals surface area contributed by atoms with Crippen LogP contribution in [0.5, 0.6) is 5.75 Å². The van der Waals surface area contributed by atoms with Gasteiger partial charge in [-0.3, -0.25) is 0 Å². The molecule has 2 aromatic rings. The van der Waals surface area contributed by atoms with Crippen molar-refractivity contribution in [2.45, 2.75) is 25.5 Å². The number of hydrogen-bond donors (Lipinski definition) is 1. The van der Waals surface area contributed by atoms with Crippen molar-refractivity contribution in [3.05, 3.63) is 64.7 Å². The maximum absolute atomic E-state index is 8.80. The van der Waals surface area contributed by atoms with Crippen molar-refractivity contribution in [2.24, 2.45) is 0 Å². The average Bonchev–Trinajstić information content (AvgIpc) is 2.97. The molecule has 0 aliphatic heterocycles. The summed E-state index contributed by atoms with van der Waals surface area (Å²) in [7, 11) is 2.00. The van der Waals surface area contributed by atoms with Crippen molar-refractivity contribution in [1.29, 1.82) is 5.26 Å². The zero-order chi connectivity index (χ0) is 14.7. The second kappa shape index (κ2) is 5.99. The van der Waals surface area contributed by atoms with E-state index in [0.717, 1.165) is 24.2 Å². The van der Waals surface area contributed by atoms with Gasteiger partial charge in [-0.1, -0.05) is 24.3 Å². The second-order valence-corrected chi connectivity index (χ2v) is 5.30. The molecule has 0 fully saturated rings. The Morgan fingerprint density at radius 1 is 1.24 bits per heavy atom. The zero-order valence-electron chi connectivity index (χ0n) is 12.1. The fraction of sp³-hybridized carbons (Fsp3) is 0.278. The summed E-state index contributed by atoms with van der Waals surface area (Å²) in [5.74, 6) is 0.981. The first-order valence-electron chi connectivity index (χ1n) is 7.22. The normalized spacial score (nSPS) is 16.3. The first-order chi connectivity index (χ1) is 10.3. The average molecular weight is 278 g/mol. The lowest BCUT2D eigenvalue weighted by molar-refractivity contribution is 0.303. The summed E-state index contributed by atoms with van der Waals surface area (Å²) < 4.78 is 5.99. The molecule has 1 aliphatic carbocycles. The van der Waals surface area contributed by atoms with Gasteiger partial charge in [0.2, 0.25) is 0 Å². The summed E-state index contributed by atoms with van der Waals surface area (Å²) in [4.78, 5) is 0. The second-order valence-electron chi connectivity index (χ2n) is 5.30. The van der Waals surface area contributed by atoms with Gasteiger partial charge in [0.1, 0.15) is 12.4 Å². The lowest BCUT2D eigenvalue weighted by atomic mass is 10.1. The van der Waals surface area contributed by atoms with Crippen LogP contribution < -0.4 is 10.1 Å². The Morgan fingerprint density at radius 3 is 2.76 bits per heavy atom. The van der Waals surface area contributed by atoms with Crippen LogP contribution in [0, 0.1) is 11.3 Å². The molecule has 0 bridgehead atoms. The molecule has 0 amide bonds. The van der Waals surface area contributed by atoms with E-state index in [1.165, 1.54) is 11.1 Å². The largest absolute Gasteiger partial charge is 0.489 e. The van der Waals surface area contributed by atoms with E-state index in [0.29, 0.717) is 18.2 Å². The van der Waals surface area contributed by atoms with Crippen molar-refractivity contribution >= 4 is 0 Å². The minimum atomic E-state index is 0.443. The quantitative estimate of drug-likeness (QED) is 0.933. The number of benzene rings is 2. The van der Waals surface area contributed by atoms with E-state index in [1.807, 2.05) is 37.4 Å². The lowest BCUT2D eigenvalue weighted by Crippen LogP contribution is -2.12. The SMILES string of the molecule is CNC1CCc2c(OCc3ccc(C#N)cc3)cccc21. The molecule has 1 atom stereocenters. The third-order valence-electron chi connectivity index (χ3n) is 4.05. The molecular formula is C18H18N2O. The van der Waals surface area contributed by atoms with Gasteiger partial charge in [-0.25, -0.2) is 0 Å². The molecule has 2 aromatic carbocycles. The molecule has 3 heteroatoms. The molecule has 1 unspecified atom stereocenters. The first-order valence-corrected chi connectivity index (χ1v) is 7.22. The van der Waals surface area contributed by atoms with E-state index in [4.69, 9.17) is 10.00 Å². The predicted molar refractivity (Wildman–Crippen MR) is 82.1 cm³/mol. The van der Waals surface area contributed by atoms with Crippen molar-refractivity contribution in [3.8, 4) is 11.8 Å². The molecule has 3 rings (SSSR count). The summed E-state index contributed by atoms with van der Waals surface area (Å²) in [6.45, 7) is 0.534. The smallest absolute Gasteiger partial charge is 0.123 e. The molecule has 1 N–H and O–H groups in total. The van der Waals surface area contributed by atoms with Crippen LogP contribution >= 0.6 is 0 Å². The lowest BCUT2D eigenvalue weighted by Gasteiger charge is -2.13. The van der Waals surface area contributed by atoms with E-state index >= 15 is 0 Å². The van der Waals surface area contributed by atoms with Crippen molar-refractivity contribution in [2.75, 3.05) is 7.05 Å². The van der Waals surface area contributed by atoms with Gasteiger partial charge in [-0.05, 0) is 54.8 Å². The van der Waals surface area contributed by atoms with Crippen LogP contribution in [0.3, 0.4) is 0 Å². The number of fused-ring (bicyclic) bond motifs is 1. The van der Waals surface area contributed by atoms with Gasteiger partial charge >= 0.3 is 0 Å². The molecule has 3 nitrogen and oxygen atoms in total. The minimum Gasteiger partial charge on any atom is -0.489 e. The molecule has 0 radical (unpaired) electrons. The van der Waals surface area contributed by atoms with E-state index in [9.17, 15) is 0 Å². The molecule has 0 spiro atoms. The molecule has 106 valence electrons. The molecule has 1 aliphatic rings. The Labute approximate surface area is 125 Å². The van der Waals surface area contributed by atoms with Crippen LogP contribution in [0.15, 0.2) is 42.5 Å². The molecule has 0 aromatic heterocycles. The first kappa shape index (κ1) is 13.7. The summed E-state index contributed by atoms with van der Waals surface area (Å²) in [5, 5.41) is 12.2. The highest BCUT2D eigenvalue weighted by atomic mass is 16.5. The van der Waals surface area contributed by atoms with Crippen molar-refractivity contribution in [3.63, 3.8) is 0 Å². The highest BCUT2D eigenvalue weighted by molar-refractivity contribution is 5.45. The Bertz CT molecular complexity index is 671. The number of ether oxygens (including phenoxy) is 1. The maximum Gasteiger partial charge on any atom is 0.123 e. The minimum absolute atomic E-state index is 0.443. The molecular weight excluding hydrogens is 260 g/mol. The van der Waals surface area contributed by atoms with Gasteiger partial charge in [-0.2, -0.15) is 5.26 Å². The van der Waals surface area contributed by atoms with E-state index < -0.39 is 0 Å². The van der Waals surface area contributed by atoms with Crippen LogP contribution in [-0.4, -0.2) is 7.05 Å². The van der Waals surface area contributed by atoms with Crippen LogP contribution in [0.4, 0.5) is 0 Å². The van der Waals surface area contributed by atoms with Gasteiger partial charge < -0.3 is 10.1 Å². The Morgan fingerprint density at radius 2 is 2.05 bits per heavy atom. The number of nitrogens with zero attached hydrogens (tertiary/aromatic N) is 1. The number of nitriles is 1. The van der Waals surface area contributed by atoms with Gasteiger partial charge in [0.05, 0.1) is 11.6 Å². The molecule has 21 heavy (non-hydrogen) atoms. The van der Waals surface area contributed by atoms with E-state index in [1.54, 1.807) is 0 Å². The summed E-state index contributed by atoms with van der Waals surface area (Å²) in [6, 6.07) is 16.4. The van der Waals surface area contributed by atoms with Crippen LogP contribution in [0.25, 0.3) is 0 Å². The number of nitrogens with one attached hydrogen (secondary N) is 1.